The van der Waals surface area contributed by atoms with Gasteiger partial charge in [0.2, 0.25) is 5.76 Å². The molecule has 1 aromatic carbocycles. The molecule has 120 valence electrons. The van der Waals surface area contributed by atoms with Gasteiger partial charge in [-0.25, -0.2) is 0 Å². The van der Waals surface area contributed by atoms with E-state index < -0.39 is 11.9 Å². The van der Waals surface area contributed by atoms with Crippen molar-refractivity contribution in [2.75, 3.05) is 0 Å². The lowest BCUT2D eigenvalue weighted by Crippen LogP contribution is -2.33. The first-order chi connectivity index (χ1) is 11.0. The summed E-state index contributed by atoms with van der Waals surface area (Å²) in [6, 6.07) is 8.48. The lowest BCUT2D eigenvalue weighted by molar-refractivity contribution is -0.141. The predicted molar refractivity (Wildman–Crippen MR) is 83.2 cm³/mol. The Bertz CT molecular complexity index is 743. The number of halogens is 1. The standard InChI is InChI=1S/C16H15ClN2O4/c17-11-3-1-2-9(6-11)13-8-14(23-19-13)15(20)18-12-5-4-10(7-12)16(21)22/h1-3,6,8,10,12H,4-5,7H2,(H,18,20)(H,21,22)/t10-,12+/m1/s1. The normalized spacial score (nSPS) is 20.4. The van der Waals surface area contributed by atoms with Crippen molar-refractivity contribution in [3.8, 4) is 11.3 Å². The van der Waals surface area contributed by atoms with Crippen LogP contribution in [0.3, 0.4) is 0 Å². The van der Waals surface area contributed by atoms with Gasteiger partial charge in [-0.2, -0.15) is 0 Å². The van der Waals surface area contributed by atoms with Gasteiger partial charge in [-0.05, 0) is 31.4 Å². The molecule has 0 saturated heterocycles. The first-order valence-electron chi connectivity index (χ1n) is 7.29. The Hall–Kier alpha value is -2.34. The maximum Gasteiger partial charge on any atom is 0.306 e. The van der Waals surface area contributed by atoms with Gasteiger partial charge in [-0.1, -0.05) is 28.9 Å². The lowest BCUT2D eigenvalue weighted by Gasteiger charge is -2.10. The van der Waals surface area contributed by atoms with Crippen molar-refractivity contribution in [2.24, 2.45) is 5.92 Å². The molecular weight excluding hydrogens is 320 g/mol. The number of rotatable bonds is 4. The Labute approximate surface area is 137 Å². The second-order valence-electron chi connectivity index (χ2n) is 5.61. The zero-order valence-corrected chi connectivity index (χ0v) is 12.9. The predicted octanol–water partition coefficient (Wildman–Crippen LogP) is 2.98. The van der Waals surface area contributed by atoms with Gasteiger partial charge in [0, 0.05) is 22.7 Å². The van der Waals surface area contributed by atoms with Crippen LogP contribution in [-0.4, -0.2) is 28.2 Å². The van der Waals surface area contributed by atoms with Crippen LogP contribution in [0, 0.1) is 5.92 Å². The third-order valence-electron chi connectivity index (χ3n) is 3.97. The number of nitrogens with one attached hydrogen (secondary N) is 1. The summed E-state index contributed by atoms with van der Waals surface area (Å²) in [7, 11) is 0. The van der Waals surface area contributed by atoms with E-state index in [9.17, 15) is 9.59 Å². The molecule has 0 spiro atoms. The quantitative estimate of drug-likeness (QED) is 0.896. The van der Waals surface area contributed by atoms with Gasteiger partial charge in [0.1, 0.15) is 5.69 Å². The number of nitrogens with zero attached hydrogens (tertiary/aromatic N) is 1. The number of hydrogen-bond donors (Lipinski definition) is 2. The minimum Gasteiger partial charge on any atom is -0.481 e. The van der Waals surface area contributed by atoms with Crippen molar-refractivity contribution in [1.29, 1.82) is 0 Å². The fourth-order valence-corrected chi connectivity index (χ4v) is 2.95. The fourth-order valence-electron chi connectivity index (χ4n) is 2.76. The Kier molecular flexibility index (Phi) is 4.34. The molecule has 0 unspecified atom stereocenters. The Balaban J connectivity index is 1.66. The SMILES string of the molecule is O=C(N[C@H]1CC[C@@H](C(=O)O)C1)c1cc(-c2cccc(Cl)c2)no1. The Morgan fingerprint density at radius 3 is 2.83 bits per heavy atom. The number of hydrogen-bond acceptors (Lipinski definition) is 4. The molecule has 0 radical (unpaired) electrons. The molecule has 2 atom stereocenters. The highest BCUT2D eigenvalue weighted by atomic mass is 35.5. The van der Waals surface area contributed by atoms with E-state index in [0.717, 1.165) is 5.56 Å². The molecule has 1 aliphatic carbocycles. The van der Waals surface area contributed by atoms with Crippen LogP contribution in [-0.2, 0) is 4.79 Å². The summed E-state index contributed by atoms with van der Waals surface area (Å²) in [5.74, 6) is -1.50. The molecular formula is C16H15ClN2O4. The molecule has 1 saturated carbocycles. The first-order valence-corrected chi connectivity index (χ1v) is 7.67. The van der Waals surface area contributed by atoms with Gasteiger partial charge in [0.25, 0.3) is 5.91 Å². The molecule has 0 aliphatic heterocycles. The second-order valence-corrected chi connectivity index (χ2v) is 6.04. The summed E-state index contributed by atoms with van der Waals surface area (Å²) >= 11 is 5.93. The van der Waals surface area contributed by atoms with Gasteiger partial charge in [-0.15, -0.1) is 0 Å². The number of carbonyl (C=O) groups excluding carboxylic acids is 1. The fraction of sp³-hybridized carbons (Fsp3) is 0.312. The van der Waals surface area contributed by atoms with E-state index in [4.69, 9.17) is 21.2 Å². The smallest absolute Gasteiger partial charge is 0.306 e. The molecule has 2 N–H and O–H groups in total. The highest BCUT2D eigenvalue weighted by Crippen LogP contribution is 2.26. The summed E-state index contributed by atoms with van der Waals surface area (Å²) in [5, 5.41) is 16.2. The number of amides is 1. The van der Waals surface area contributed by atoms with Gasteiger partial charge >= 0.3 is 5.97 Å². The van der Waals surface area contributed by atoms with Crippen molar-refractivity contribution in [1.82, 2.24) is 10.5 Å². The molecule has 1 amide bonds. The molecule has 1 aliphatic rings. The van der Waals surface area contributed by atoms with Gasteiger partial charge in [0.15, 0.2) is 0 Å². The highest BCUT2D eigenvalue weighted by Gasteiger charge is 2.31. The van der Waals surface area contributed by atoms with Crippen molar-refractivity contribution in [3.63, 3.8) is 0 Å². The maximum atomic E-state index is 12.2. The van der Waals surface area contributed by atoms with Crippen LogP contribution >= 0.6 is 11.6 Å². The summed E-state index contributed by atoms with van der Waals surface area (Å²) in [4.78, 5) is 23.1. The van der Waals surface area contributed by atoms with E-state index in [1.165, 1.54) is 0 Å². The molecule has 2 aromatic rings. The van der Waals surface area contributed by atoms with Crippen LogP contribution in [0.25, 0.3) is 11.3 Å². The van der Waals surface area contributed by atoms with Crippen LogP contribution in [0.1, 0.15) is 29.8 Å². The minimum atomic E-state index is -0.815. The van der Waals surface area contributed by atoms with Gasteiger partial charge < -0.3 is 14.9 Å². The topological polar surface area (TPSA) is 92.4 Å². The Morgan fingerprint density at radius 1 is 1.30 bits per heavy atom. The lowest BCUT2D eigenvalue weighted by atomic mass is 10.1. The van der Waals surface area contributed by atoms with Crippen molar-refractivity contribution < 1.29 is 19.2 Å². The second kappa shape index (κ2) is 6.42. The van der Waals surface area contributed by atoms with E-state index >= 15 is 0 Å². The number of carboxylic acids is 1. The number of benzene rings is 1. The highest BCUT2D eigenvalue weighted by molar-refractivity contribution is 6.30. The average Bonchev–Trinajstić information content (AvgIpc) is 3.16. The van der Waals surface area contributed by atoms with E-state index in [1.807, 2.05) is 6.07 Å². The molecule has 7 heteroatoms. The average molecular weight is 335 g/mol. The van der Waals surface area contributed by atoms with Crippen LogP contribution in [0.15, 0.2) is 34.9 Å². The van der Waals surface area contributed by atoms with Gasteiger partial charge in [-0.3, -0.25) is 9.59 Å². The summed E-state index contributed by atoms with van der Waals surface area (Å²) in [6.45, 7) is 0. The van der Waals surface area contributed by atoms with E-state index in [-0.39, 0.29) is 17.7 Å². The third kappa shape index (κ3) is 3.53. The molecule has 1 fully saturated rings. The zero-order valence-electron chi connectivity index (χ0n) is 12.2. The Morgan fingerprint density at radius 2 is 2.13 bits per heavy atom. The van der Waals surface area contributed by atoms with Crippen molar-refractivity contribution in [3.05, 3.63) is 41.1 Å². The summed E-state index contributed by atoms with van der Waals surface area (Å²) in [6.07, 6.45) is 1.67. The largest absolute Gasteiger partial charge is 0.481 e. The summed E-state index contributed by atoms with van der Waals surface area (Å²) in [5.41, 5.74) is 1.28. The zero-order chi connectivity index (χ0) is 16.4. The molecule has 1 heterocycles. The number of aromatic nitrogens is 1. The molecule has 6 nitrogen and oxygen atoms in total. The van der Waals surface area contributed by atoms with Crippen LogP contribution in [0.5, 0.6) is 0 Å². The molecule has 3 rings (SSSR count). The van der Waals surface area contributed by atoms with Crippen LogP contribution in [0.4, 0.5) is 0 Å². The van der Waals surface area contributed by atoms with E-state index in [2.05, 4.69) is 10.5 Å². The molecule has 0 bridgehead atoms. The first kappa shape index (κ1) is 15.6. The summed E-state index contributed by atoms with van der Waals surface area (Å²) < 4.78 is 5.08. The van der Waals surface area contributed by atoms with Gasteiger partial charge in [0.05, 0.1) is 5.92 Å². The number of aliphatic carboxylic acids is 1. The molecule has 1 aromatic heterocycles. The van der Waals surface area contributed by atoms with E-state index in [1.54, 1.807) is 24.3 Å². The van der Waals surface area contributed by atoms with Crippen LogP contribution < -0.4 is 5.32 Å². The van der Waals surface area contributed by atoms with Crippen molar-refractivity contribution in [2.45, 2.75) is 25.3 Å². The monoisotopic (exact) mass is 334 g/mol. The minimum absolute atomic E-state index is 0.0961. The third-order valence-corrected chi connectivity index (χ3v) is 4.21. The maximum absolute atomic E-state index is 12.2. The number of carbonyl (C=O) groups is 2. The number of carboxylic acid groups (broad SMARTS) is 1. The van der Waals surface area contributed by atoms with Crippen molar-refractivity contribution >= 4 is 23.5 Å². The van der Waals surface area contributed by atoms with E-state index in [0.29, 0.717) is 30.0 Å². The van der Waals surface area contributed by atoms with Crippen LogP contribution in [0.2, 0.25) is 5.02 Å². The molecule has 23 heavy (non-hydrogen) atoms.